The Kier molecular flexibility index (Phi) is 6.86. The Labute approximate surface area is 216 Å². The molecule has 7 heteroatoms. The summed E-state index contributed by atoms with van der Waals surface area (Å²) >= 11 is 0. The quantitative estimate of drug-likeness (QED) is 0.257. The first-order valence-electron chi connectivity index (χ1n) is 12.7. The van der Waals surface area contributed by atoms with Crippen molar-refractivity contribution >= 4 is 28.8 Å². The number of phenols is 1. The number of rotatable bonds is 7. The molecule has 7 nitrogen and oxygen atoms in total. The lowest BCUT2D eigenvalue weighted by molar-refractivity contribution is -0.132. The van der Waals surface area contributed by atoms with Crippen LogP contribution in [0.25, 0.3) is 5.76 Å². The van der Waals surface area contributed by atoms with E-state index in [-0.39, 0.29) is 17.1 Å². The van der Waals surface area contributed by atoms with Gasteiger partial charge in [0.1, 0.15) is 17.3 Å². The number of phenolic OH excluding ortho intramolecular Hbond substituents is 1. The van der Waals surface area contributed by atoms with Crippen LogP contribution in [0.5, 0.6) is 11.5 Å². The Morgan fingerprint density at radius 1 is 0.892 bits per heavy atom. The fourth-order valence-corrected chi connectivity index (χ4v) is 4.95. The number of hydrogen-bond acceptors (Lipinski definition) is 6. The van der Waals surface area contributed by atoms with E-state index in [4.69, 9.17) is 4.74 Å². The fraction of sp³-hybridized carbons (Fsp3) is 0.267. The highest BCUT2D eigenvalue weighted by Crippen LogP contribution is 2.43. The summed E-state index contributed by atoms with van der Waals surface area (Å²) in [7, 11) is 0. The summed E-state index contributed by atoms with van der Waals surface area (Å²) in [5.74, 6) is -0.998. The molecule has 2 aliphatic rings. The topological polar surface area (TPSA) is 90.3 Å². The highest BCUT2D eigenvalue weighted by atomic mass is 16.5. The summed E-state index contributed by atoms with van der Waals surface area (Å²) in [4.78, 5) is 30.4. The predicted octanol–water partition coefficient (Wildman–Crippen LogP) is 5.41. The monoisotopic (exact) mass is 498 g/mol. The summed E-state index contributed by atoms with van der Waals surface area (Å²) in [5.41, 5.74) is 2.65. The third kappa shape index (κ3) is 4.77. The highest BCUT2D eigenvalue weighted by Gasteiger charge is 2.47. The van der Waals surface area contributed by atoms with Crippen LogP contribution in [0.4, 0.5) is 11.4 Å². The summed E-state index contributed by atoms with van der Waals surface area (Å²) in [6.07, 6.45) is 3.18. The molecule has 0 saturated carbocycles. The van der Waals surface area contributed by atoms with E-state index in [1.165, 1.54) is 17.0 Å². The van der Waals surface area contributed by atoms with Gasteiger partial charge in [-0.3, -0.25) is 14.5 Å². The Balaban J connectivity index is 1.56. The maximum Gasteiger partial charge on any atom is 0.300 e. The van der Waals surface area contributed by atoms with Crippen molar-refractivity contribution in [2.75, 3.05) is 29.5 Å². The zero-order valence-electron chi connectivity index (χ0n) is 20.8. The van der Waals surface area contributed by atoms with Gasteiger partial charge in [-0.15, -0.1) is 0 Å². The largest absolute Gasteiger partial charge is 0.508 e. The number of hydrogen-bond donors (Lipinski definition) is 2. The Bertz CT molecular complexity index is 1310. The number of carbonyl (C=O) groups excluding carboxylic acids is 2. The molecule has 2 saturated heterocycles. The predicted molar refractivity (Wildman–Crippen MR) is 143 cm³/mol. The third-order valence-electron chi connectivity index (χ3n) is 6.85. The molecule has 1 atom stereocenters. The van der Waals surface area contributed by atoms with Gasteiger partial charge < -0.3 is 19.8 Å². The van der Waals surface area contributed by atoms with Crippen molar-refractivity contribution in [3.8, 4) is 11.5 Å². The van der Waals surface area contributed by atoms with Crippen LogP contribution in [0.1, 0.15) is 43.4 Å². The van der Waals surface area contributed by atoms with Crippen LogP contribution in [0, 0.1) is 0 Å². The Morgan fingerprint density at radius 3 is 2.14 bits per heavy atom. The lowest BCUT2D eigenvalue weighted by Crippen LogP contribution is -2.29. The van der Waals surface area contributed by atoms with Crippen LogP contribution in [-0.2, 0) is 9.59 Å². The van der Waals surface area contributed by atoms with Crippen LogP contribution in [0.3, 0.4) is 0 Å². The number of ether oxygens (including phenoxy) is 1. The third-order valence-corrected chi connectivity index (χ3v) is 6.85. The van der Waals surface area contributed by atoms with Crippen molar-refractivity contribution in [2.45, 2.75) is 32.2 Å². The van der Waals surface area contributed by atoms with Crippen molar-refractivity contribution in [1.29, 1.82) is 0 Å². The molecule has 0 bridgehead atoms. The van der Waals surface area contributed by atoms with Crippen LogP contribution < -0.4 is 14.5 Å². The second kappa shape index (κ2) is 10.4. The van der Waals surface area contributed by atoms with Crippen LogP contribution in [0.2, 0.25) is 0 Å². The van der Waals surface area contributed by atoms with Gasteiger partial charge in [0, 0.05) is 30.0 Å². The van der Waals surface area contributed by atoms with Gasteiger partial charge in [-0.2, -0.15) is 0 Å². The SMILES string of the molecule is CCCOc1ccc(/C(O)=C2\C(=O)C(=O)N(c3ccc(N4CCCC4)cc3)C2c2ccc(O)cc2)cc1. The van der Waals surface area contributed by atoms with Crippen LogP contribution >= 0.6 is 0 Å². The molecule has 2 aliphatic heterocycles. The fourth-order valence-electron chi connectivity index (χ4n) is 4.95. The average molecular weight is 499 g/mol. The number of aliphatic hydroxyl groups is 1. The molecule has 1 unspecified atom stereocenters. The lowest BCUT2D eigenvalue weighted by Gasteiger charge is -2.26. The molecule has 2 N–H and O–H groups in total. The van der Waals surface area contributed by atoms with Gasteiger partial charge in [0.2, 0.25) is 0 Å². The Morgan fingerprint density at radius 2 is 1.51 bits per heavy atom. The molecule has 190 valence electrons. The van der Waals surface area contributed by atoms with Crippen molar-refractivity contribution in [3.05, 3.63) is 89.5 Å². The average Bonchev–Trinajstić information content (AvgIpc) is 3.55. The van der Waals surface area contributed by atoms with E-state index in [0.29, 0.717) is 29.2 Å². The number of nitrogens with zero attached hydrogens (tertiary/aromatic N) is 2. The van der Waals surface area contributed by atoms with Crippen LogP contribution in [0.15, 0.2) is 78.4 Å². The maximum absolute atomic E-state index is 13.4. The molecule has 0 radical (unpaired) electrons. The van der Waals surface area contributed by atoms with Crippen LogP contribution in [-0.4, -0.2) is 41.6 Å². The zero-order chi connectivity index (χ0) is 25.9. The molecular weight excluding hydrogens is 468 g/mol. The number of aliphatic hydroxyl groups excluding tert-OH is 1. The molecule has 3 aromatic carbocycles. The molecule has 2 heterocycles. The normalized spacial score (nSPS) is 19.0. The van der Waals surface area contributed by atoms with E-state index >= 15 is 0 Å². The minimum Gasteiger partial charge on any atom is -0.508 e. The first-order valence-corrected chi connectivity index (χ1v) is 12.7. The lowest BCUT2D eigenvalue weighted by atomic mass is 9.95. The van der Waals surface area contributed by atoms with Gasteiger partial charge in [0.25, 0.3) is 11.7 Å². The minimum absolute atomic E-state index is 0.00142. The van der Waals surface area contributed by atoms with E-state index in [2.05, 4.69) is 4.90 Å². The van der Waals surface area contributed by atoms with Crippen molar-refractivity contribution in [3.63, 3.8) is 0 Å². The molecule has 1 amide bonds. The number of ketones is 1. The van der Waals surface area contributed by atoms with Gasteiger partial charge in [-0.1, -0.05) is 19.1 Å². The van der Waals surface area contributed by atoms with Gasteiger partial charge in [0.15, 0.2) is 0 Å². The van der Waals surface area contributed by atoms with E-state index in [1.807, 2.05) is 31.2 Å². The van der Waals surface area contributed by atoms with Gasteiger partial charge in [-0.05, 0) is 85.5 Å². The number of carbonyl (C=O) groups is 2. The number of Topliss-reactive ketones (excluding diaryl/α,β-unsaturated/α-hetero) is 1. The number of benzene rings is 3. The first-order chi connectivity index (χ1) is 18.0. The molecular formula is C30H30N2O5. The maximum atomic E-state index is 13.4. The zero-order valence-corrected chi connectivity index (χ0v) is 20.8. The molecule has 2 fully saturated rings. The second-order valence-electron chi connectivity index (χ2n) is 9.34. The molecule has 0 aliphatic carbocycles. The number of aromatic hydroxyl groups is 1. The standard InChI is InChI=1S/C30H30N2O5/c1-2-19-37-25-15-7-21(8-16-25)28(34)26-27(20-5-13-24(33)14-6-20)32(30(36)29(26)35)23-11-9-22(10-12-23)31-17-3-4-18-31/h5-16,27,33-34H,2-4,17-19H2,1H3/b28-26+. The van der Waals surface area contributed by atoms with Crippen molar-refractivity contribution in [1.82, 2.24) is 0 Å². The molecule has 3 aromatic rings. The summed E-state index contributed by atoms with van der Waals surface area (Å²) in [5, 5.41) is 21.1. The van der Waals surface area contributed by atoms with Crippen molar-refractivity contribution < 1.29 is 24.5 Å². The van der Waals surface area contributed by atoms with Gasteiger partial charge in [0.05, 0.1) is 18.2 Å². The van der Waals surface area contributed by atoms with Gasteiger partial charge >= 0.3 is 0 Å². The van der Waals surface area contributed by atoms with Gasteiger partial charge in [-0.25, -0.2) is 0 Å². The summed E-state index contributed by atoms with van der Waals surface area (Å²) < 4.78 is 5.62. The highest BCUT2D eigenvalue weighted by molar-refractivity contribution is 6.51. The van der Waals surface area contributed by atoms with E-state index in [9.17, 15) is 19.8 Å². The summed E-state index contributed by atoms with van der Waals surface area (Å²) in [6, 6.07) is 19.9. The van der Waals surface area contributed by atoms with E-state index < -0.39 is 17.7 Å². The van der Waals surface area contributed by atoms with E-state index in [1.54, 1.807) is 36.4 Å². The summed E-state index contributed by atoms with van der Waals surface area (Å²) in [6.45, 7) is 4.59. The van der Waals surface area contributed by atoms with Crippen molar-refractivity contribution in [2.24, 2.45) is 0 Å². The smallest absolute Gasteiger partial charge is 0.300 e. The number of amides is 1. The number of anilines is 2. The minimum atomic E-state index is -0.853. The Hall–Kier alpha value is -4.26. The molecule has 0 aromatic heterocycles. The second-order valence-corrected chi connectivity index (χ2v) is 9.34. The first kappa shape index (κ1) is 24.4. The van der Waals surface area contributed by atoms with E-state index in [0.717, 1.165) is 38.0 Å². The molecule has 0 spiro atoms. The molecule has 5 rings (SSSR count). The molecule has 37 heavy (non-hydrogen) atoms.